The summed E-state index contributed by atoms with van der Waals surface area (Å²) >= 11 is 1.82. The largest absolute Gasteiger partial charge is 0.323 e. The second-order valence-corrected chi connectivity index (χ2v) is 5.74. The Balaban J connectivity index is 1.96. The van der Waals surface area contributed by atoms with Gasteiger partial charge in [-0.05, 0) is 31.5 Å². The Kier molecular flexibility index (Phi) is 4.45. The van der Waals surface area contributed by atoms with E-state index in [1.54, 1.807) is 0 Å². The minimum atomic E-state index is 0.0936. The molecule has 2 aromatic carbocycles. The summed E-state index contributed by atoms with van der Waals surface area (Å²) in [7, 11) is 0. The summed E-state index contributed by atoms with van der Waals surface area (Å²) in [5, 5.41) is 0. The highest BCUT2D eigenvalue weighted by Crippen LogP contribution is 2.24. The third-order valence-electron chi connectivity index (χ3n) is 2.92. The van der Waals surface area contributed by atoms with Crippen LogP contribution >= 0.6 is 11.8 Å². The van der Waals surface area contributed by atoms with Gasteiger partial charge >= 0.3 is 0 Å². The number of benzene rings is 2. The molecule has 2 N–H and O–H groups in total. The Morgan fingerprint density at radius 2 is 1.72 bits per heavy atom. The lowest BCUT2D eigenvalue weighted by Crippen LogP contribution is -2.12. The van der Waals surface area contributed by atoms with Crippen LogP contribution in [0, 0.1) is 13.8 Å². The van der Waals surface area contributed by atoms with Crippen molar-refractivity contribution in [1.29, 1.82) is 0 Å². The molecule has 0 aliphatic heterocycles. The van der Waals surface area contributed by atoms with Crippen LogP contribution < -0.4 is 5.73 Å². The first-order valence-corrected chi connectivity index (χ1v) is 7.15. The Labute approximate surface area is 113 Å². The van der Waals surface area contributed by atoms with E-state index < -0.39 is 0 Å². The number of thioether (sulfide) groups is 1. The van der Waals surface area contributed by atoms with Gasteiger partial charge in [-0.25, -0.2) is 0 Å². The van der Waals surface area contributed by atoms with Crippen LogP contribution in [-0.4, -0.2) is 5.75 Å². The predicted molar refractivity (Wildman–Crippen MR) is 80.0 cm³/mol. The molecular formula is C16H19NS. The third-order valence-corrected chi connectivity index (χ3v) is 4.04. The summed E-state index contributed by atoms with van der Waals surface area (Å²) < 4.78 is 0. The van der Waals surface area contributed by atoms with Gasteiger partial charge in [-0.1, -0.05) is 47.5 Å². The minimum Gasteiger partial charge on any atom is -0.323 e. The second-order valence-electron chi connectivity index (χ2n) is 4.64. The van der Waals surface area contributed by atoms with Gasteiger partial charge in [0.2, 0.25) is 0 Å². The Morgan fingerprint density at radius 3 is 2.39 bits per heavy atom. The van der Waals surface area contributed by atoms with Gasteiger partial charge < -0.3 is 5.73 Å². The van der Waals surface area contributed by atoms with Crippen molar-refractivity contribution in [1.82, 2.24) is 0 Å². The van der Waals surface area contributed by atoms with Gasteiger partial charge in [0.25, 0.3) is 0 Å². The molecule has 0 aliphatic carbocycles. The molecule has 18 heavy (non-hydrogen) atoms. The lowest BCUT2D eigenvalue weighted by atomic mass is 10.1. The second kappa shape index (κ2) is 6.07. The van der Waals surface area contributed by atoms with Crippen LogP contribution in [0.4, 0.5) is 0 Å². The van der Waals surface area contributed by atoms with Crippen LogP contribution in [0.25, 0.3) is 0 Å². The van der Waals surface area contributed by atoms with Crippen LogP contribution in [0.3, 0.4) is 0 Å². The van der Waals surface area contributed by atoms with Crippen LogP contribution in [0.2, 0.25) is 0 Å². The van der Waals surface area contributed by atoms with E-state index >= 15 is 0 Å². The first kappa shape index (κ1) is 13.2. The van der Waals surface area contributed by atoms with E-state index in [1.807, 2.05) is 11.8 Å². The highest BCUT2D eigenvalue weighted by Gasteiger charge is 2.06. The minimum absolute atomic E-state index is 0.0936. The Hall–Kier alpha value is -1.25. The van der Waals surface area contributed by atoms with E-state index in [9.17, 15) is 0 Å². The number of aryl methyl sites for hydroxylation is 2. The van der Waals surface area contributed by atoms with Gasteiger partial charge in [0, 0.05) is 16.7 Å². The van der Waals surface area contributed by atoms with Crippen LogP contribution in [-0.2, 0) is 0 Å². The lowest BCUT2D eigenvalue weighted by Gasteiger charge is -2.12. The fourth-order valence-electron chi connectivity index (χ4n) is 1.80. The van der Waals surface area contributed by atoms with Gasteiger partial charge in [-0.15, -0.1) is 11.8 Å². The van der Waals surface area contributed by atoms with Crippen LogP contribution in [0.15, 0.2) is 53.4 Å². The average molecular weight is 257 g/mol. The standard InChI is InChI=1S/C16H19NS/c1-12-6-8-14(9-7-12)16(17)11-18-15-5-3-4-13(2)10-15/h3-10,16H,11,17H2,1-2H3. The van der Waals surface area contributed by atoms with E-state index in [2.05, 4.69) is 62.4 Å². The van der Waals surface area contributed by atoms with Crippen molar-refractivity contribution in [2.24, 2.45) is 5.73 Å². The van der Waals surface area contributed by atoms with Crippen molar-refractivity contribution in [2.75, 3.05) is 5.75 Å². The molecule has 0 saturated heterocycles. The van der Waals surface area contributed by atoms with E-state index in [1.165, 1.54) is 21.6 Å². The highest BCUT2D eigenvalue weighted by atomic mass is 32.2. The van der Waals surface area contributed by atoms with E-state index in [4.69, 9.17) is 5.73 Å². The molecule has 0 aromatic heterocycles. The molecule has 0 bridgehead atoms. The fourth-order valence-corrected chi connectivity index (χ4v) is 2.81. The molecule has 0 aliphatic rings. The molecule has 0 spiro atoms. The van der Waals surface area contributed by atoms with Gasteiger partial charge in [0.05, 0.1) is 0 Å². The Bertz CT molecular complexity index is 505. The maximum Gasteiger partial charge on any atom is 0.0390 e. The molecular weight excluding hydrogens is 238 g/mol. The first-order valence-electron chi connectivity index (χ1n) is 6.17. The zero-order valence-corrected chi connectivity index (χ0v) is 11.7. The zero-order chi connectivity index (χ0) is 13.0. The third kappa shape index (κ3) is 3.62. The summed E-state index contributed by atoms with van der Waals surface area (Å²) in [6, 6.07) is 17.1. The topological polar surface area (TPSA) is 26.0 Å². The number of nitrogens with two attached hydrogens (primary N) is 1. The summed E-state index contributed by atoms with van der Waals surface area (Å²) in [6.07, 6.45) is 0. The van der Waals surface area contributed by atoms with Gasteiger partial charge in [0.15, 0.2) is 0 Å². The quantitative estimate of drug-likeness (QED) is 0.835. The molecule has 0 radical (unpaired) electrons. The smallest absolute Gasteiger partial charge is 0.0390 e. The monoisotopic (exact) mass is 257 g/mol. The van der Waals surface area contributed by atoms with Crippen molar-refractivity contribution in [3.8, 4) is 0 Å². The van der Waals surface area contributed by atoms with Crippen molar-refractivity contribution in [2.45, 2.75) is 24.8 Å². The van der Waals surface area contributed by atoms with Crippen molar-refractivity contribution in [3.05, 3.63) is 65.2 Å². The number of rotatable bonds is 4. The number of hydrogen-bond acceptors (Lipinski definition) is 2. The van der Waals surface area contributed by atoms with Crippen LogP contribution in [0.5, 0.6) is 0 Å². The van der Waals surface area contributed by atoms with Gasteiger partial charge in [-0.3, -0.25) is 0 Å². The van der Waals surface area contributed by atoms with E-state index in [0.717, 1.165) is 5.75 Å². The Morgan fingerprint density at radius 1 is 1.00 bits per heavy atom. The van der Waals surface area contributed by atoms with Crippen LogP contribution in [0.1, 0.15) is 22.7 Å². The van der Waals surface area contributed by atoms with Gasteiger partial charge in [-0.2, -0.15) is 0 Å². The maximum atomic E-state index is 6.21. The molecule has 0 fully saturated rings. The average Bonchev–Trinajstić information content (AvgIpc) is 2.37. The molecule has 0 heterocycles. The summed E-state index contributed by atoms with van der Waals surface area (Å²) in [5.74, 6) is 0.909. The maximum absolute atomic E-state index is 6.21. The van der Waals surface area contributed by atoms with Crippen molar-refractivity contribution < 1.29 is 0 Å². The van der Waals surface area contributed by atoms with Gasteiger partial charge in [0.1, 0.15) is 0 Å². The first-order chi connectivity index (χ1) is 8.65. The molecule has 1 atom stereocenters. The summed E-state index contributed by atoms with van der Waals surface area (Å²) in [4.78, 5) is 1.29. The molecule has 1 nitrogen and oxygen atoms in total. The van der Waals surface area contributed by atoms with E-state index in [-0.39, 0.29) is 6.04 Å². The normalized spacial score (nSPS) is 12.4. The molecule has 1 unspecified atom stereocenters. The summed E-state index contributed by atoms with van der Waals surface area (Å²) in [5.41, 5.74) is 9.99. The summed E-state index contributed by atoms with van der Waals surface area (Å²) in [6.45, 7) is 4.21. The fraction of sp³-hybridized carbons (Fsp3) is 0.250. The predicted octanol–water partition coefficient (Wildman–Crippen LogP) is 4.10. The molecule has 0 amide bonds. The SMILES string of the molecule is Cc1ccc(C(N)CSc2cccc(C)c2)cc1. The molecule has 2 heteroatoms. The van der Waals surface area contributed by atoms with Crippen molar-refractivity contribution >= 4 is 11.8 Å². The molecule has 94 valence electrons. The zero-order valence-electron chi connectivity index (χ0n) is 10.9. The molecule has 0 saturated carbocycles. The van der Waals surface area contributed by atoms with Crippen molar-refractivity contribution in [3.63, 3.8) is 0 Å². The highest BCUT2D eigenvalue weighted by molar-refractivity contribution is 7.99. The lowest BCUT2D eigenvalue weighted by molar-refractivity contribution is 0.831. The molecule has 2 aromatic rings. The number of hydrogen-bond donors (Lipinski definition) is 1. The molecule has 2 rings (SSSR count). The van der Waals surface area contributed by atoms with E-state index in [0.29, 0.717) is 0 Å².